The second kappa shape index (κ2) is 4.16. The van der Waals surface area contributed by atoms with Gasteiger partial charge in [-0.1, -0.05) is 0 Å². The lowest BCUT2D eigenvalue weighted by atomic mass is 10.1. The maximum absolute atomic E-state index is 11.2. The molecule has 0 bridgehead atoms. The van der Waals surface area contributed by atoms with E-state index in [4.69, 9.17) is 4.74 Å². The molecule has 2 rings (SSSR count). The van der Waals surface area contributed by atoms with Crippen LogP contribution in [0.1, 0.15) is 12.8 Å². The van der Waals surface area contributed by atoms with Gasteiger partial charge < -0.3 is 4.74 Å². The molecule has 0 spiro atoms. The summed E-state index contributed by atoms with van der Waals surface area (Å²) in [5.41, 5.74) is 0. The van der Waals surface area contributed by atoms with E-state index in [1.54, 1.807) is 0 Å². The fraction of sp³-hybridized carbons (Fsp3) is 1.00. The predicted octanol–water partition coefficient (Wildman–Crippen LogP) is -0.104. The van der Waals surface area contributed by atoms with Crippen molar-refractivity contribution in [2.24, 2.45) is 0 Å². The van der Waals surface area contributed by atoms with E-state index in [2.05, 4.69) is 4.90 Å². The number of sulfone groups is 1. The molecular formula is C9H17NO3S. The zero-order valence-corrected chi connectivity index (χ0v) is 9.13. The number of hydrogen-bond donors (Lipinski definition) is 0. The van der Waals surface area contributed by atoms with Gasteiger partial charge in [-0.25, -0.2) is 8.42 Å². The molecule has 82 valence electrons. The highest BCUT2D eigenvalue weighted by Crippen LogP contribution is 2.18. The van der Waals surface area contributed by atoms with Crippen molar-refractivity contribution >= 4 is 9.84 Å². The van der Waals surface area contributed by atoms with Crippen molar-refractivity contribution in [3.8, 4) is 0 Å². The molecule has 0 aromatic rings. The normalized spacial score (nSPS) is 30.3. The van der Waals surface area contributed by atoms with E-state index in [0.29, 0.717) is 17.5 Å². The van der Waals surface area contributed by atoms with Crippen molar-refractivity contribution in [1.82, 2.24) is 4.90 Å². The van der Waals surface area contributed by atoms with Crippen molar-refractivity contribution in [3.63, 3.8) is 0 Å². The van der Waals surface area contributed by atoms with Gasteiger partial charge in [0.2, 0.25) is 0 Å². The third-order valence-corrected chi connectivity index (χ3v) is 4.80. The third-order valence-electron chi connectivity index (χ3n) is 3.09. The molecule has 2 saturated heterocycles. The molecule has 0 unspecified atom stereocenters. The monoisotopic (exact) mass is 219 g/mol. The van der Waals surface area contributed by atoms with Crippen molar-refractivity contribution in [2.75, 3.05) is 37.8 Å². The highest BCUT2D eigenvalue weighted by molar-refractivity contribution is 7.91. The highest BCUT2D eigenvalue weighted by atomic mass is 32.2. The van der Waals surface area contributed by atoms with Gasteiger partial charge in [-0.2, -0.15) is 0 Å². The lowest BCUT2D eigenvalue weighted by Crippen LogP contribution is -2.46. The molecule has 4 nitrogen and oxygen atoms in total. The Hall–Kier alpha value is -0.130. The van der Waals surface area contributed by atoms with Crippen LogP contribution in [-0.4, -0.2) is 57.2 Å². The summed E-state index contributed by atoms with van der Waals surface area (Å²) in [5.74, 6) is 0.740. The van der Waals surface area contributed by atoms with E-state index in [0.717, 1.165) is 39.1 Å². The zero-order valence-electron chi connectivity index (χ0n) is 8.31. The van der Waals surface area contributed by atoms with Crippen LogP contribution in [0.5, 0.6) is 0 Å². The van der Waals surface area contributed by atoms with Crippen LogP contribution in [0.3, 0.4) is 0 Å². The highest BCUT2D eigenvalue weighted by Gasteiger charge is 2.28. The summed E-state index contributed by atoms with van der Waals surface area (Å²) in [6.07, 6.45) is 1.62. The minimum absolute atomic E-state index is 0.370. The molecule has 0 N–H and O–H groups in total. The van der Waals surface area contributed by atoms with E-state index in [-0.39, 0.29) is 0 Å². The average molecular weight is 219 g/mol. The maximum Gasteiger partial charge on any atom is 0.150 e. The Morgan fingerprint density at radius 3 is 2.21 bits per heavy atom. The minimum atomic E-state index is -2.71. The molecule has 14 heavy (non-hydrogen) atoms. The van der Waals surface area contributed by atoms with E-state index < -0.39 is 9.84 Å². The molecule has 0 aliphatic carbocycles. The predicted molar refractivity (Wildman–Crippen MR) is 54.1 cm³/mol. The lowest BCUT2D eigenvalue weighted by Gasteiger charge is -2.36. The van der Waals surface area contributed by atoms with E-state index >= 15 is 0 Å². The summed E-state index contributed by atoms with van der Waals surface area (Å²) in [5, 5.41) is 0. The largest absolute Gasteiger partial charge is 0.379 e. The molecule has 5 heteroatoms. The molecule has 0 saturated carbocycles. The number of nitrogens with zero attached hydrogens (tertiary/aromatic N) is 1. The van der Waals surface area contributed by atoms with Gasteiger partial charge in [0.05, 0.1) is 24.7 Å². The minimum Gasteiger partial charge on any atom is -0.379 e. The SMILES string of the molecule is O=S1(=O)CCC(N2CCOCC2)CC1. The number of ether oxygens (including phenoxy) is 1. The molecule has 2 aliphatic rings. The topological polar surface area (TPSA) is 46.6 Å². The van der Waals surface area contributed by atoms with Crippen molar-refractivity contribution in [3.05, 3.63) is 0 Å². The van der Waals surface area contributed by atoms with E-state index in [1.807, 2.05) is 0 Å². The van der Waals surface area contributed by atoms with Crippen molar-refractivity contribution < 1.29 is 13.2 Å². The van der Waals surface area contributed by atoms with Crippen LogP contribution in [0.25, 0.3) is 0 Å². The first kappa shape index (κ1) is 10.4. The van der Waals surface area contributed by atoms with Gasteiger partial charge in [0, 0.05) is 19.1 Å². The Morgan fingerprint density at radius 2 is 1.64 bits per heavy atom. The number of morpholine rings is 1. The summed E-state index contributed by atoms with van der Waals surface area (Å²) in [4.78, 5) is 2.37. The smallest absolute Gasteiger partial charge is 0.150 e. The van der Waals surface area contributed by atoms with Gasteiger partial charge >= 0.3 is 0 Å². The van der Waals surface area contributed by atoms with Crippen LogP contribution in [0.4, 0.5) is 0 Å². The van der Waals surface area contributed by atoms with Crippen LogP contribution in [-0.2, 0) is 14.6 Å². The fourth-order valence-electron chi connectivity index (χ4n) is 2.19. The van der Waals surface area contributed by atoms with Crippen molar-refractivity contribution in [1.29, 1.82) is 0 Å². The molecule has 0 radical (unpaired) electrons. The second-order valence-electron chi connectivity index (χ2n) is 4.03. The molecule has 0 amide bonds. The van der Waals surface area contributed by atoms with Crippen LogP contribution in [0, 0.1) is 0 Å². The molecule has 0 atom stereocenters. The Labute approximate surface area is 85.1 Å². The van der Waals surface area contributed by atoms with Gasteiger partial charge in [0.25, 0.3) is 0 Å². The van der Waals surface area contributed by atoms with Gasteiger partial charge in [-0.05, 0) is 12.8 Å². The fourth-order valence-corrected chi connectivity index (χ4v) is 3.65. The Bertz CT molecular complexity index is 268. The zero-order chi connectivity index (χ0) is 10.0. The maximum atomic E-state index is 11.2. The Morgan fingerprint density at radius 1 is 1.07 bits per heavy atom. The van der Waals surface area contributed by atoms with Gasteiger partial charge in [-0.3, -0.25) is 4.90 Å². The lowest BCUT2D eigenvalue weighted by molar-refractivity contribution is 0.0146. The molecular weight excluding hydrogens is 202 g/mol. The third kappa shape index (κ3) is 2.46. The van der Waals surface area contributed by atoms with Gasteiger partial charge in [0.1, 0.15) is 9.84 Å². The molecule has 0 aromatic heterocycles. The van der Waals surface area contributed by atoms with Crippen LogP contribution in [0.2, 0.25) is 0 Å². The van der Waals surface area contributed by atoms with Gasteiger partial charge in [0.15, 0.2) is 0 Å². The number of rotatable bonds is 1. The first-order chi connectivity index (χ1) is 6.67. The Kier molecular flexibility index (Phi) is 3.09. The summed E-state index contributed by atoms with van der Waals surface area (Å²) in [6, 6.07) is 0.474. The van der Waals surface area contributed by atoms with E-state index in [1.165, 1.54) is 0 Å². The average Bonchev–Trinajstić information content (AvgIpc) is 2.19. The summed E-state index contributed by atoms with van der Waals surface area (Å²) < 4.78 is 27.7. The van der Waals surface area contributed by atoms with Crippen LogP contribution >= 0.6 is 0 Å². The van der Waals surface area contributed by atoms with Crippen molar-refractivity contribution in [2.45, 2.75) is 18.9 Å². The molecule has 2 fully saturated rings. The van der Waals surface area contributed by atoms with Crippen LogP contribution in [0.15, 0.2) is 0 Å². The summed E-state index contributed by atoms with van der Waals surface area (Å²) >= 11 is 0. The first-order valence-electron chi connectivity index (χ1n) is 5.20. The standard InChI is InChI=1S/C9H17NO3S/c11-14(12)7-1-9(2-8-14)10-3-5-13-6-4-10/h9H,1-8H2. The second-order valence-corrected chi connectivity index (χ2v) is 6.33. The van der Waals surface area contributed by atoms with E-state index in [9.17, 15) is 8.42 Å². The Balaban J connectivity index is 1.88. The van der Waals surface area contributed by atoms with Gasteiger partial charge in [-0.15, -0.1) is 0 Å². The van der Waals surface area contributed by atoms with Crippen LogP contribution < -0.4 is 0 Å². The molecule has 0 aromatic carbocycles. The summed E-state index contributed by atoms with van der Waals surface area (Å²) in [6.45, 7) is 3.52. The summed E-state index contributed by atoms with van der Waals surface area (Å²) in [7, 11) is -2.71. The molecule has 2 aliphatic heterocycles. The molecule has 2 heterocycles. The first-order valence-corrected chi connectivity index (χ1v) is 7.02. The number of hydrogen-bond acceptors (Lipinski definition) is 4. The quantitative estimate of drug-likeness (QED) is 0.617.